The van der Waals surface area contributed by atoms with E-state index in [0.29, 0.717) is 6.54 Å². The Hall–Kier alpha value is -2.41. The van der Waals surface area contributed by atoms with Gasteiger partial charge in [0.1, 0.15) is 12.1 Å². The van der Waals surface area contributed by atoms with Crippen molar-refractivity contribution in [3.05, 3.63) is 51.6 Å². The van der Waals surface area contributed by atoms with Crippen LogP contribution in [-0.2, 0) is 13.0 Å². The van der Waals surface area contributed by atoms with Crippen LogP contribution in [-0.4, -0.2) is 26.3 Å². The van der Waals surface area contributed by atoms with E-state index in [0.717, 1.165) is 35.6 Å². The van der Waals surface area contributed by atoms with Crippen LogP contribution < -0.4 is 11.0 Å². The van der Waals surface area contributed by atoms with Crippen molar-refractivity contribution in [1.29, 1.82) is 0 Å². The van der Waals surface area contributed by atoms with Gasteiger partial charge in [0, 0.05) is 28.1 Å². The van der Waals surface area contributed by atoms with Crippen LogP contribution in [0.1, 0.15) is 16.9 Å². The molecular formula is C15H15N5OS. The fourth-order valence-electron chi connectivity index (χ4n) is 2.65. The first-order valence-corrected chi connectivity index (χ1v) is 8.03. The highest BCUT2D eigenvalue weighted by molar-refractivity contribution is 7.15. The van der Waals surface area contributed by atoms with Crippen molar-refractivity contribution in [2.45, 2.75) is 19.4 Å². The van der Waals surface area contributed by atoms with Crippen LogP contribution in [0.2, 0.25) is 0 Å². The van der Waals surface area contributed by atoms with E-state index >= 15 is 0 Å². The summed E-state index contributed by atoms with van der Waals surface area (Å²) in [4.78, 5) is 18.3. The van der Waals surface area contributed by atoms with Gasteiger partial charge in [-0.15, -0.1) is 11.3 Å². The van der Waals surface area contributed by atoms with Gasteiger partial charge >= 0.3 is 5.69 Å². The maximum absolute atomic E-state index is 11.5. The van der Waals surface area contributed by atoms with Gasteiger partial charge in [0.05, 0.1) is 6.54 Å². The van der Waals surface area contributed by atoms with E-state index in [1.54, 1.807) is 15.9 Å². The zero-order valence-electron chi connectivity index (χ0n) is 11.9. The number of aromatic nitrogens is 4. The molecule has 3 aromatic rings. The summed E-state index contributed by atoms with van der Waals surface area (Å²) in [5.41, 5.74) is 2.24. The Morgan fingerprint density at radius 1 is 1.36 bits per heavy atom. The molecule has 0 radical (unpaired) electrons. The number of nitrogens with zero attached hydrogens (tertiary/aromatic N) is 3. The molecule has 1 aliphatic rings. The zero-order valence-corrected chi connectivity index (χ0v) is 12.7. The molecule has 0 bridgehead atoms. The topological polar surface area (TPSA) is 75.6 Å². The monoisotopic (exact) mass is 313 g/mol. The second-order valence-corrected chi connectivity index (χ2v) is 6.49. The zero-order chi connectivity index (χ0) is 14.9. The van der Waals surface area contributed by atoms with E-state index < -0.39 is 0 Å². The van der Waals surface area contributed by atoms with E-state index in [2.05, 4.69) is 38.7 Å². The van der Waals surface area contributed by atoms with Gasteiger partial charge in [0.15, 0.2) is 0 Å². The number of hydrogen-bond acceptors (Lipinski definition) is 5. The van der Waals surface area contributed by atoms with Gasteiger partial charge in [-0.2, -0.15) is 5.10 Å². The van der Waals surface area contributed by atoms with Gasteiger partial charge < -0.3 is 5.32 Å². The van der Waals surface area contributed by atoms with Crippen LogP contribution >= 0.6 is 11.3 Å². The van der Waals surface area contributed by atoms with Gasteiger partial charge in [-0.05, 0) is 36.6 Å². The Morgan fingerprint density at radius 2 is 2.32 bits per heavy atom. The number of aromatic amines is 1. The number of thiophene rings is 1. The molecule has 22 heavy (non-hydrogen) atoms. The lowest BCUT2D eigenvalue weighted by atomic mass is 10.0. The third-order valence-corrected chi connectivity index (χ3v) is 4.89. The predicted molar refractivity (Wildman–Crippen MR) is 86.3 cm³/mol. The second-order valence-electron chi connectivity index (χ2n) is 5.32. The lowest BCUT2D eigenvalue weighted by Gasteiger charge is -2.17. The molecule has 0 aliphatic carbocycles. The van der Waals surface area contributed by atoms with Crippen LogP contribution in [0.3, 0.4) is 0 Å². The Balaban J connectivity index is 1.61. The van der Waals surface area contributed by atoms with Gasteiger partial charge in [0.2, 0.25) is 0 Å². The van der Waals surface area contributed by atoms with Crippen molar-refractivity contribution in [2.24, 2.45) is 0 Å². The van der Waals surface area contributed by atoms with Crippen LogP contribution in [0.25, 0.3) is 10.4 Å². The summed E-state index contributed by atoms with van der Waals surface area (Å²) < 4.78 is 1.56. The number of nitrogens with one attached hydrogen (secondary N) is 2. The van der Waals surface area contributed by atoms with E-state index in [1.807, 2.05) is 6.20 Å². The van der Waals surface area contributed by atoms with Crippen LogP contribution in [0.5, 0.6) is 0 Å². The number of anilines is 1. The molecule has 0 amide bonds. The molecule has 2 N–H and O–H groups in total. The standard InChI is InChI=1S/C15H15N5OS/c21-15-19-18-9-20(15)8-12-3-4-13(22-12)11-6-10-2-1-5-16-14(10)17-7-11/h3-4,6-7,9H,1-2,5,8H2,(H,16,17)(H,19,21). The summed E-state index contributed by atoms with van der Waals surface area (Å²) in [5, 5.41) is 9.48. The molecule has 0 atom stereocenters. The van der Waals surface area contributed by atoms with E-state index in [-0.39, 0.29) is 5.69 Å². The largest absolute Gasteiger partial charge is 0.370 e. The van der Waals surface area contributed by atoms with Crippen molar-refractivity contribution < 1.29 is 0 Å². The quantitative estimate of drug-likeness (QED) is 0.776. The average Bonchev–Trinajstić information content (AvgIpc) is 3.17. The van der Waals surface area contributed by atoms with Crippen LogP contribution in [0.15, 0.2) is 35.5 Å². The van der Waals surface area contributed by atoms with E-state index in [1.165, 1.54) is 16.8 Å². The number of aryl methyl sites for hydroxylation is 1. The summed E-state index contributed by atoms with van der Waals surface area (Å²) in [5.74, 6) is 1.01. The Kier molecular flexibility index (Phi) is 3.27. The fraction of sp³-hybridized carbons (Fsp3) is 0.267. The molecule has 0 saturated heterocycles. The Morgan fingerprint density at radius 3 is 3.18 bits per heavy atom. The lowest BCUT2D eigenvalue weighted by Crippen LogP contribution is -2.16. The van der Waals surface area contributed by atoms with Crippen LogP contribution in [0.4, 0.5) is 5.82 Å². The molecule has 0 unspecified atom stereocenters. The molecule has 1 aliphatic heterocycles. The first-order chi connectivity index (χ1) is 10.8. The minimum Gasteiger partial charge on any atom is -0.370 e. The van der Waals surface area contributed by atoms with Crippen molar-refractivity contribution in [2.75, 3.05) is 11.9 Å². The van der Waals surface area contributed by atoms with Gasteiger partial charge in [-0.1, -0.05) is 0 Å². The Bertz CT molecular complexity index is 863. The molecule has 0 spiro atoms. The minimum atomic E-state index is -0.184. The predicted octanol–water partition coefficient (Wildman–Crippen LogP) is 2.10. The molecule has 0 aromatic carbocycles. The SMILES string of the molecule is O=c1[nH]ncn1Cc1ccc(-c2cnc3c(c2)CCCN3)s1. The molecule has 6 nitrogen and oxygen atoms in total. The van der Waals surface area contributed by atoms with Gasteiger partial charge in [-0.3, -0.25) is 4.57 Å². The number of fused-ring (bicyclic) bond motifs is 1. The van der Waals surface area contributed by atoms with E-state index in [4.69, 9.17) is 0 Å². The highest BCUT2D eigenvalue weighted by Gasteiger charge is 2.12. The summed E-state index contributed by atoms with van der Waals surface area (Å²) in [7, 11) is 0. The summed E-state index contributed by atoms with van der Waals surface area (Å²) in [6, 6.07) is 6.36. The molecule has 112 valence electrons. The third kappa shape index (κ3) is 2.43. The average molecular weight is 313 g/mol. The molecule has 0 saturated carbocycles. The van der Waals surface area contributed by atoms with Crippen LogP contribution in [0, 0.1) is 0 Å². The minimum absolute atomic E-state index is 0.184. The lowest BCUT2D eigenvalue weighted by molar-refractivity contribution is 0.772. The summed E-state index contributed by atoms with van der Waals surface area (Å²) >= 11 is 1.68. The molecule has 3 aromatic heterocycles. The summed E-state index contributed by atoms with van der Waals surface area (Å²) in [6.45, 7) is 1.54. The number of pyridine rings is 1. The number of hydrogen-bond donors (Lipinski definition) is 2. The number of rotatable bonds is 3. The van der Waals surface area contributed by atoms with Crippen molar-refractivity contribution in [1.82, 2.24) is 19.7 Å². The molecule has 7 heteroatoms. The molecule has 0 fully saturated rings. The highest BCUT2D eigenvalue weighted by Crippen LogP contribution is 2.31. The fourth-order valence-corrected chi connectivity index (χ4v) is 3.64. The Labute approximate surface area is 130 Å². The van der Waals surface area contributed by atoms with Gasteiger partial charge in [0.25, 0.3) is 0 Å². The normalized spacial score (nSPS) is 13.6. The third-order valence-electron chi connectivity index (χ3n) is 3.77. The van der Waals surface area contributed by atoms with Gasteiger partial charge in [-0.25, -0.2) is 14.9 Å². The van der Waals surface area contributed by atoms with Crippen molar-refractivity contribution in [3.63, 3.8) is 0 Å². The maximum Gasteiger partial charge on any atom is 0.343 e. The maximum atomic E-state index is 11.5. The molecule has 4 rings (SSSR count). The first-order valence-electron chi connectivity index (χ1n) is 7.21. The second kappa shape index (κ2) is 5.42. The smallest absolute Gasteiger partial charge is 0.343 e. The highest BCUT2D eigenvalue weighted by atomic mass is 32.1. The first kappa shape index (κ1) is 13.3. The molecule has 4 heterocycles. The van der Waals surface area contributed by atoms with Crippen molar-refractivity contribution in [3.8, 4) is 10.4 Å². The molecular weight excluding hydrogens is 298 g/mol. The summed E-state index contributed by atoms with van der Waals surface area (Å²) in [6.07, 6.45) is 5.66. The number of H-pyrrole nitrogens is 1. The van der Waals surface area contributed by atoms with Crippen molar-refractivity contribution >= 4 is 17.2 Å². The van der Waals surface area contributed by atoms with E-state index in [9.17, 15) is 4.79 Å².